The number of amides is 1. The first-order chi connectivity index (χ1) is 6.74. The zero-order valence-corrected chi connectivity index (χ0v) is 8.79. The number of hydrogen-bond acceptors (Lipinski definition) is 3. The highest BCUT2D eigenvalue weighted by Gasteiger charge is 2.17. The monoisotopic (exact) mass is 200 g/mol. The fraction of sp³-hybridized carbons (Fsp3) is 0.900. The van der Waals surface area contributed by atoms with Gasteiger partial charge in [0.1, 0.15) is 0 Å². The maximum absolute atomic E-state index is 10.9. The van der Waals surface area contributed by atoms with Crippen molar-refractivity contribution in [1.29, 1.82) is 0 Å². The third kappa shape index (κ3) is 3.64. The summed E-state index contributed by atoms with van der Waals surface area (Å²) in [6.45, 7) is 0.624. The molecule has 1 aliphatic carbocycles. The van der Waals surface area contributed by atoms with E-state index < -0.39 is 0 Å². The molecule has 1 fully saturated rings. The number of likely N-dealkylation sites (N-methyl/N-ethyl adjacent to an activating group) is 1. The summed E-state index contributed by atoms with van der Waals surface area (Å²) >= 11 is 0. The molecule has 0 radical (unpaired) electrons. The van der Waals surface area contributed by atoms with Crippen LogP contribution >= 0.6 is 0 Å². The van der Waals surface area contributed by atoms with Crippen molar-refractivity contribution in [3.63, 3.8) is 0 Å². The molecule has 0 spiro atoms. The number of carbonyl (C=O) groups excluding carboxylic acids is 1. The highest BCUT2D eigenvalue weighted by Crippen LogP contribution is 2.20. The van der Waals surface area contributed by atoms with Crippen LogP contribution in [0.3, 0.4) is 0 Å². The van der Waals surface area contributed by atoms with Gasteiger partial charge >= 0.3 is 0 Å². The molecule has 1 rings (SSSR count). The molecule has 1 saturated carbocycles. The number of carbonyl (C=O) groups is 1. The van der Waals surface area contributed by atoms with E-state index in [-0.39, 0.29) is 11.9 Å². The molecule has 82 valence electrons. The second kappa shape index (κ2) is 5.98. The topological polar surface area (TPSA) is 64.3 Å². The Morgan fingerprint density at radius 2 is 2.21 bits per heavy atom. The predicted molar refractivity (Wildman–Crippen MR) is 54.9 cm³/mol. The van der Waals surface area contributed by atoms with Crippen molar-refractivity contribution >= 4 is 5.91 Å². The van der Waals surface area contributed by atoms with Crippen molar-refractivity contribution in [2.24, 2.45) is 5.73 Å². The Bertz CT molecular complexity index is 179. The summed E-state index contributed by atoms with van der Waals surface area (Å²) in [6.07, 6.45) is 5.97. The minimum absolute atomic E-state index is 0.253. The number of primary amides is 1. The van der Waals surface area contributed by atoms with Gasteiger partial charge in [-0.1, -0.05) is 12.8 Å². The van der Waals surface area contributed by atoms with E-state index in [1.165, 1.54) is 25.7 Å². The van der Waals surface area contributed by atoms with Crippen LogP contribution in [0.15, 0.2) is 0 Å². The van der Waals surface area contributed by atoms with Crippen LogP contribution in [0.4, 0.5) is 0 Å². The van der Waals surface area contributed by atoms with Crippen molar-refractivity contribution in [3.8, 4) is 0 Å². The molecular formula is C10H20N2O2. The highest BCUT2D eigenvalue weighted by atomic mass is 16.5. The second-order valence-electron chi connectivity index (χ2n) is 3.81. The molecule has 0 aliphatic heterocycles. The molecule has 0 aromatic heterocycles. The fourth-order valence-corrected chi connectivity index (χ4v) is 1.84. The van der Waals surface area contributed by atoms with Crippen LogP contribution < -0.4 is 11.1 Å². The van der Waals surface area contributed by atoms with E-state index in [0.717, 1.165) is 0 Å². The molecule has 0 saturated heterocycles. The lowest BCUT2D eigenvalue weighted by atomic mass is 10.2. The Kier molecular flexibility index (Phi) is 4.90. The molecule has 14 heavy (non-hydrogen) atoms. The molecule has 1 aliphatic rings. The predicted octanol–water partition coefficient (Wildman–Crippen LogP) is 0.409. The van der Waals surface area contributed by atoms with Gasteiger partial charge in [0.25, 0.3) is 0 Å². The third-order valence-electron chi connectivity index (χ3n) is 2.75. The van der Waals surface area contributed by atoms with Gasteiger partial charge in [0, 0.05) is 6.61 Å². The summed E-state index contributed by atoms with van der Waals surface area (Å²) in [6, 6.07) is -0.253. The molecule has 4 heteroatoms. The van der Waals surface area contributed by atoms with Crippen molar-refractivity contribution in [2.75, 3.05) is 13.7 Å². The fourth-order valence-electron chi connectivity index (χ4n) is 1.84. The van der Waals surface area contributed by atoms with Gasteiger partial charge in [-0.3, -0.25) is 4.79 Å². The van der Waals surface area contributed by atoms with Gasteiger partial charge in [0.15, 0.2) is 0 Å². The minimum Gasteiger partial charge on any atom is -0.378 e. The van der Waals surface area contributed by atoms with Crippen LogP contribution in [-0.2, 0) is 9.53 Å². The molecule has 3 N–H and O–H groups in total. The summed E-state index contributed by atoms with van der Waals surface area (Å²) in [7, 11) is 1.74. The van der Waals surface area contributed by atoms with E-state index >= 15 is 0 Å². The van der Waals surface area contributed by atoms with Crippen molar-refractivity contribution in [3.05, 3.63) is 0 Å². The molecular weight excluding hydrogens is 180 g/mol. The summed E-state index contributed by atoms with van der Waals surface area (Å²) < 4.78 is 5.64. The maximum Gasteiger partial charge on any atom is 0.234 e. The number of nitrogens with one attached hydrogen (secondary N) is 1. The van der Waals surface area contributed by atoms with Crippen LogP contribution in [0.5, 0.6) is 0 Å². The first-order valence-electron chi connectivity index (χ1n) is 5.32. The molecule has 1 unspecified atom stereocenters. The van der Waals surface area contributed by atoms with Crippen molar-refractivity contribution < 1.29 is 9.53 Å². The molecule has 1 atom stereocenters. The molecule has 0 aromatic rings. The van der Waals surface area contributed by atoms with Crippen LogP contribution in [-0.4, -0.2) is 31.7 Å². The lowest BCUT2D eigenvalue weighted by molar-refractivity contribution is -0.120. The lowest BCUT2D eigenvalue weighted by Gasteiger charge is -2.15. The van der Waals surface area contributed by atoms with Gasteiger partial charge < -0.3 is 15.8 Å². The minimum atomic E-state index is -0.303. The summed E-state index contributed by atoms with van der Waals surface area (Å²) in [4.78, 5) is 10.9. The molecule has 1 amide bonds. The zero-order chi connectivity index (χ0) is 10.4. The average Bonchev–Trinajstić information content (AvgIpc) is 2.64. The van der Waals surface area contributed by atoms with E-state index in [1.54, 1.807) is 7.05 Å². The van der Waals surface area contributed by atoms with Crippen LogP contribution in [0, 0.1) is 0 Å². The van der Waals surface area contributed by atoms with E-state index in [2.05, 4.69) is 5.32 Å². The lowest BCUT2D eigenvalue weighted by Crippen LogP contribution is -2.40. The average molecular weight is 200 g/mol. The van der Waals surface area contributed by atoms with Gasteiger partial charge in [-0.2, -0.15) is 0 Å². The second-order valence-corrected chi connectivity index (χ2v) is 3.81. The van der Waals surface area contributed by atoms with Crippen LogP contribution in [0.25, 0.3) is 0 Å². The molecule has 0 heterocycles. The van der Waals surface area contributed by atoms with E-state index in [4.69, 9.17) is 10.5 Å². The zero-order valence-electron chi connectivity index (χ0n) is 8.79. The first kappa shape index (κ1) is 11.5. The number of rotatable bonds is 6. The Morgan fingerprint density at radius 3 is 2.71 bits per heavy atom. The van der Waals surface area contributed by atoms with E-state index in [1.807, 2.05) is 0 Å². The smallest absolute Gasteiger partial charge is 0.234 e. The number of hydrogen-bond donors (Lipinski definition) is 2. The van der Waals surface area contributed by atoms with Gasteiger partial charge in [0.05, 0.1) is 12.1 Å². The van der Waals surface area contributed by atoms with Gasteiger partial charge in [-0.25, -0.2) is 0 Å². The van der Waals surface area contributed by atoms with Gasteiger partial charge in [-0.15, -0.1) is 0 Å². The van der Waals surface area contributed by atoms with E-state index in [0.29, 0.717) is 19.1 Å². The number of nitrogens with two attached hydrogens (primary N) is 1. The largest absolute Gasteiger partial charge is 0.378 e. The first-order valence-corrected chi connectivity index (χ1v) is 5.32. The standard InChI is InChI=1S/C10H20N2O2/c1-12-9(10(11)13)6-7-14-8-4-2-3-5-8/h8-9,12H,2-7H2,1H3,(H2,11,13). The quantitative estimate of drug-likeness (QED) is 0.652. The van der Waals surface area contributed by atoms with Gasteiger partial charge in [-0.05, 0) is 26.3 Å². The normalized spacial score (nSPS) is 19.8. The number of ether oxygens (including phenoxy) is 1. The Hall–Kier alpha value is -0.610. The van der Waals surface area contributed by atoms with E-state index in [9.17, 15) is 4.79 Å². The third-order valence-corrected chi connectivity index (χ3v) is 2.75. The molecule has 0 aromatic carbocycles. The maximum atomic E-state index is 10.9. The van der Waals surface area contributed by atoms with Crippen molar-refractivity contribution in [2.45, 2.75) is 44.2 Å². The molecule has 0 bridgehead atoms. The summed E-state index contributed by atoms with van der Waals surface area (Å²) in [5.74, 6) is -0.303. The SMILES string of the molecule is CNC(CCOC1CCCC1)C(N)=O. The Balaban J connectivity index is 2.09. The Labute approximate surface area is 85.2 Å². The van der Waals surface area contributed by atoms with Crippen LogP contribution in [0.2, 0.25) is 0 Å². The summed E-state index contributed by atoms with van der Waals surface area (Å²) in [5, 5.41) is 2.87. The molecule has 4 nitrogen and oxygen atoms in total. The highest BCUT2D eigenvalue weighted by molar-refractivity contribution is 5.79. The Morgan fingerprint density at radius 1 is 1.57 bits per heavy atom. The summed E-state index contributed by atoms with van der Waals surface area (Å²) in [5.41, 5.74) is 5.18. The van der Waals surface area contributed by atoms with Gasteiger partial charge in [0.2, 0.25) is 5.91 Å². The van der Waals surface area contributed by atoms with Crippen LogP contribution in [0.1, 0.15) is 32.1 Å². The van der Waals surface area contributed by atoms with Crippen molar-refractivity contribution in [1.82, 2.24) is 5.32 Å².